The zero-order chi connectivity index (χ0) is 26.3. The predicted octanol–water partition coefficient (Wildman–Crippen LogP) is 5.73. The molecule has 0 radical (unpaired) electrons. The van der Waals surface area contributed by atoms with Crippen LogP contribution in [-0.4, -0.2) is 45.7 Å². The van der Waals surface area contributed by atoms with Gasteiger partial charge in [0.1, 0.15) is 6.54 Å². The number of fused-ring (bicyclic) bond motifs is 1. The van der Waals surface area contributed by atoms with Gasteiger partial charge in [-0.2, -0.15) is 0 Å². The van der Waals surface area contributed by atoms with Gasteiger partial charge in [-0.15, -0.1) is 11.3 Å². The van der Waals surface area contributed by atoms with Gasteiger partial charge in [-0.3, -0.25) is 19.7 Å². The molecule has 37 heavy (non-hydrogen) atoms. The average molecular weight is 518 g/mol. The summed E-state index contributed by atoms with van der Waals surface area (Å²) in [7, 11) is 0. The fourth-order valence-corrected chi connectivity index (χ4v) is 5.92. The van der Waals surface area contributed by atoms with E-state index in [0.29, 0.717) is 6.54 Å². The Bertz CT molecular complexity index is 1340. The van der Waals surface area contributed by atoms with Gasteiger partial charge in [0.25, 0.3) is 11.6 Å². The van der Waals surface area contributed by atoms with Crippen LogP contribution in [0.25, 0.3) is 0 Å². The molecule has 0 bridgehead atoms. The number of amides is 2. The van der Waals surface area contributed by atoms with Crippen LogP contribution in [0, 0.1) is 10.1 Å². The molecule has 1 aliphatic carbocycles. The highest BCUT2D eigenvalue weighted by atomic mass is 32.1. The number of nitrogens with zero attached hydrogens (tertiary/aromatic N) is 3. The number of carbonyl (C=O) groups excluding carboxylic acids is 2. The van der Waals surface area contributed by atoms with E-state index in [1.807, 2.05) is 4.90 Å². The number of rotatable bonds is 6. The number of nitro benzene ring substituents is 1. The van der Waals surface area contributed by atoms with Crippen molar-refractivity contribution in [3.05, 3.63) is 97.2 Å². The number of non-ortho nitro benzene ring substituents is 1. The van der Waals surface area contributed by atoms with Crippen molar-refractivity contribution in [3.8, 4) is 0 Å². The van der Waals surface area contributed by atoms with E-state index < -0.39 is 4.92 Å². The third kappa shape index (κ3) is 5.16. The summed E-state index contributed by atoms with van der Waals surface area (Å²) in [4.78, 5) is 42.7. The van der Waals surface area contributed by atoms with Crippen molar-refractivity contribution >= 4 is 28.8 Å². The highest BCUT2D eigenvalue weighted by molar-refractivity contribution is 7.10. The average Bonchev–Trinajstić information content (AvgIpc) is 3.61. The Kier molecular flexibility index (Phi) is 6.62. The van der Waals surface area contributed by atoms with E-state index in [1.54, 1.807) is 22.3 Å². The van der Waals surface area contributed by atoms with Crippen molar-refractivity contribution < 1.29 is 14.5 Å². The van der Waals surface area contributed by atoms with E-state index in [9.17, 15) is 19.7 Å². The smallest absolute Gasteiger partial charge is 0.270 e. The molecule has 1 fully saturated rings. The molecule has 7 nitrogen and oxygen atoms in total. The zero-order valence-electron chi connectivity index (χ0n) is 21.3. The summed E-state index contributed by atoms with van der Waals surface area (Å²) >= 11 is 1.72. The van der Waals surface area contributed by atoms with Crippen LogP contribution in [0.15, 0.2) is 60.0 Å². The summed E-state index contributed by atoms with van der Waals surface area (Å²) < 4.78 is 0. The van der Waals surface area contributed by atoms with E-state index in [0.717, 1.165) is 30.4 Å². The Morgan fingerprint density at radius 1 is 1.11 bits per heavy atom. The second-order valence-corrected chi connectivity index (χ2v) is 11.9. The van der Waals surface area contributed by atoms with Crippen LogP contribution in [0.3, 0.4) is 0 Å². The van der Waals surface area contributed by atoms with Crippen molar-refractivity contribution in [3.63, 3.8) is 0 Å². The summed E-state index contributed by atoms with van der Waals surface area (Å²) in [5.41, 5.74) is 3.58. The topological polar surface area (TPSA) is 83.8 Å². The number of benzene rings is 2. The molecule has 0 spiro atoms. The van der Waals surface area contributed by atoms with Crippen LogP contribution < -0.4 is 0 Å². The minimum absolute atomic E-state index is 0.0123. The molecule has 1 aromatic heterocycles. The molecular weight excluding hydrogens is 486 g/mol. The molecule has 1 atom stereocenters. The first-order valence-electron chi connectivity index (χ1n) is 12.6. The van der Waals surface area contributed by atoms with Crippen LogP contribution in [0.1, 0.15) is 71.6 Å². The predicted molar refractivity (Wildman–Crippen MR) is 144 cm³/mol. The van der Waals surface area contributed by atoms with Gasteiger partial charge in [-0.05, 0) is 58.9 Å². The fraction of sp³-hybridized carbons (Fsp3) is 0.379. The van der Waals surface area contributed by atoms with Crippen molar-refractivity contribution in [2.24, 2.45) is 0 Å². The number of thiophene rings is 1. The third-order valence-electron chi connectivity index (χ3n) is 7.24. The second kappa shape index (κ2) is 9.74. The van der Waals surface area contributed by atoms with Crippen LogP contribution >= 0.6 is 11.3 Å². The molecule has 0 saturated heterocycles. The molecule has 0 N–H and O–H groups in total. The quantitative estimate of drug-likeness (QED) is 0.309. The normalized spacial score (nSPS) is 17.3. The zero-order valence-corrected chi connectivity index (χ0v) is 22.2. The molecule has 2 aliphatic rings. The van der Waals surface area contributed by atoms with Gasteiger partial charge in [0.05, 0.1) is 11.0 Å². The van der Waals surface area contributed by atoms with Gasteiger partial charge in [0.15, 0.2) is 0 Å². The Labute approximate surface area is 220 Å². The highest BCUT2D eigenvalue weighted by Crippen LogP contribution is 2.39. The molecule has 5 rings (SSSR count). The summed E-state index contributed by atoms with van der Waals surface area (Å²) in [5.74, 6) is -0.439. The minimum atomic E-state index is -0.509. The molecular formula is C29H31N3O4S. The molecule has 3 aromatic rings. The lowest BCUT2D eigenvalue weighted by molar-refractivity contribution is -0.384. The maximum absolute atomic E-state index is 13.8. The maximum atomic E-state index is 13.8. The SMILES string of the molecule is CC(C)(C)c1ccc(C2c3ccsc3CCN2C(=O)CN(C(=O)c2cccc([N+](=O)[O-])c2)C2CC2)cc1. The van der Waals surface area contributed by atoms with Gasteiger partial charge in [-0.25, -0.2) is 0 Å². The number of nitro groups is 1. The molecule has 2 aromatic carbocycles. The standard InChI is InChI=1S/C29H31N3O4S/c1-29(2,3)21-9-7-19(8-10-21)27-24-14-16-37-25(24)13-15-30(27)26(33)18-31(22-11-12-22)28(34)20-5-4-6-23(17-20)32(35)36/h4-10,14,16-17,22,27H,11-13,15,18H2,1-3H3. The first-order chi connectivity index (χ1) is 17.6. The van der Waals surface area contributed by atoms with Gasteiger partial charge in [0.2, 0.25) is 5.91 Å². The molecule has 1 aliphatic heterocycles. The van der Waals surface area contributed by atoms with Crippen molar-refractivity contribution in [2.75, 3.05) is 13.1 Å². The molecule has 192 valence electrons. The monoisotopic (exact) mass is 517 g/mol. The highest BCUT2D eigenvalue weighted by Gasteiger charge is 2.38. The first-order valence-corrected chi connectivity index (χ1v) is 13.5. The molecule has 2 heterocycles. The molecule has 1 saturated carbocycles. The summed E-state index contributed by atoms with van der Waals surface area (Å²) in [6.45, 7) is 7.09. The lowest BCUT2D eigenvalue weighted by Gasteiger charge is -2.38. The molecule has 1 unspecified atom stereocenters. The van der Waals surface area contributed by atoms with E-state index in [4.69, 9.17) is 0 Å². The van der Waals surface area contributed by atoms with Gasteiger partial charge in [-0.1, -0.05) is 51.1 Å². The van der Waals surface area contributed by atoms with Gasteiger partial charge in [0, 0.05) is 35.2 Å². The third-order valence-corrected chi connectivity index (χ3v) is 8.23. The van der Waals surface area contributed by atoms with Crippen LogP contribution in [-0.2, 0) is 16.6 Å². The molecule has 2 amide bonds. The Morgan fingerprint density at radius 3 is 2.49 bits per heavy atom. The minimum Gasteiger partial charge on any atom is -0.330 e. The second-order valence-electron chi connectivity index (χ2n) is 10.9. The Hall–Kier alpha value is -3.52. The first kappa shape index (κ1) is 25.1. The van der Waals surface area contributed by atoms with Crippen molar-refractivity contribution in [2.45, 2.75) is 57.5 Å². The van der Waals surface area contributed by atoms with Crippen LogP contribution in [0.2, 0.25) is 0 Å². The van der Waals surface area contributed by atoms with Crippen molar-refractivity contribution in [1.82, 2.24) is 9.80 Å². The van der Waals surface area contributed by atoms with Crippen molar-refractivity contribution in [1.29, 1.82) is 0 Å². The molecule has 8 heteroatoms. The fourth-order valence-electron chi connectivity index (χ4n) is 5.02. The summed E-state index contributed by atoms with van der Waals surface area (Å²) in [6, 6.07) is 16.1. The largest absolute Gasteiger partial charge is 0.330 e. The maximum Gasteiger partial charge on any atom is 0.270 e. The number of carbonyl (C=O) groups is 2. The van der Waals surface area contributed by atoms with Gasteiger partial charge < -0.3 is 9.80 Å². The number of hydrogen-bond donors (Lipinski definition) is 0. The summed E-state index contributed by atoms with van der Waals surface area (Å²) in [5, 5.41) is 13.3. The lowest BCUT2D eigenvalue weighted by atomic mass is 9.85. The van der Waals surface area contributed by atoms with Crippen LogP contribution in [0.4, 0.5) is 5.69 Å². The van der Waals surface area contributed by atoms with E-state index in [-0.39, 0.29) is 47.1 Å². The lowest BCUT2D eigenvalue weighted by Crippen LogP contribution is -2.47. The Balaban J connectivity index is 1.42. The summed E-state index contributed by atoms with van der Waals surface area (Å²) in [6.07, 6.45) is 2.46. The Morgan fingerprint density at radius 2 is 1.84 bits per heavy atom. The van der Waals surface area contributed by atoms with Crippen LogP contribution in [0.5, 0.6) is 0 Å². The van der Waals surface area contributed by atoms with E-state index in [1.165, 1.54) is 28.6 Å². The number of hydrogen-bond acceptors (Lipinski definition) is 5. The van der Waals surface area contributed by atoms with Gasteiger partial charge >= 0.3 is 0 Å². The van der Waals surface area contributed by atoms with E-state index in [2.05, 4.69) is 56.5 Å². The van der Waals surface area contributed by atoms with E-state index >= 15 is 0 Å².